The minimum absolute atomic E-state index is 0.0400. The molecule has 0 bridgehead atoms. The number of carbonyl (C=O) groups is 1. The van der Waals surface area contributed by atoms with Gasteiger partial charge in [-0.2, -0.15) is 17.5 Å². The molecule has 34 heavy (non-hydrogen) atoms. The minimum Gasteiger partial charge on any atom is -0.321 e. The molecule has 0 radical (unpaired) electrons. The number of nitrogens with zero attached hydrogens (tertiary/aromatic N) is 1. The Morgan fingerprint density at radius 3 is 2.32 bits per heavy atom. The van der Waals surface area contributed by atoms with Crippen LogP contribution in [0.1, 0.15) is 28.4 Å². The maximum atomic E-state index is 14.4. The van der Waals surface area contributed by atoms with Crippen molar-refractivity contribution in [1.29, 1.82) is 0 Å². The molecule has 0 aliphatic heterocycles. The van der Waals surface area contributed by atoms with Gasteiger partial charge in [0.05, 0.1) is 21.7 Å². The zero-order chi connectivity index (χ0) is 25.1. The predicted octanol–water partition coefficient (Wildman–Crippen LogP) is 5.96. The summed E-state index contributed by atoms with van der Waals surface area (Å²) < 4.78 is 81.8. The van der Waals surface area contributed by atoms with E-state index in [0.717, 1.165) is 40.2 Å². The number of hydrogen-bond donors (Lipinski definition) is 1. The van der Waals surface area contributed by atoms with Crippen LogP contribution in [-0.2, 0) is 22.7 Å². The summed E-state index contributed by atoms with van der Waals surface area (Å²) in [5, 5.41) is 1.79. The lowest BCUT2D eigenvalue weighted by molar-refractivity contribution is -0.136. The van der Waals surface area contributed by atoms with E-state index < -0.39 is 44.7 Å². The lowest BCUT2D eigenvalue weighted by Gasteiger charge is -2.21. The van der Waals surface area contributed by atoms with Gasteiger partial charge >= 0.3 is 6.18 Å². The highest BCUT2D eigenvalue weighted by Crippen LogP contribution is 2.36. The molecule has 0 atom stereocenters. The number of amides is 1. The van der Waals surface area contributed by atoms with E-state index in [4.69, 9.17) is 11.6 Å². The smallest absolute Gasteiger partial charge is 0.321 e. The highest BCUT2D eigenvalue weighted by molar-refractivity contribution is 7.89. The first kappa shape index (κ1) is 25.7. The van der Waals surface area contributed by atoms with Gasteiger partial charge in [0.15, 0.2) is 0 Å². The topological polar surface area (TPSA) is 66.5 Å². The van der Waals surface area contributed by atoms with Gasteiger partial charge < -0.3 is 5.32 Å². The molecule has 0 heterocycles. The van der Waals surface area contributed by atoms with Crippen LogP contribution in [0.3, 0.4) is 0 Å². The number of carbonyl (C=O) groups excluding carboxylic acids is 1. The molecule has 0 spiro atoms. The fourth-order valence-corrected chi connectivity index (χ4v) is 4.83. The van der Waals surface area contributed by atoms with E-state index in [0.29, 0.717) is 6.07 Å². The summed E-state index contributed by atoms with van der Waals surface area (Å²) in [5.41, 5.74) is -1.87. The van der Waals surface area contributed by atoms with Gasteiger partial charge in [-0.1, -0.05) is 48.9 Å². The van der Waals surface area contributed by atoms with E-state index in [1.54, 1.807) is 37.3 Å². The van der Waals surface area contributed by atoms with E-state index >= 15 is 0 Å². The van der Waals surface area contributed by atoms with Crippen LogP contribution in [0.2, 0.25) is 5.02 Å². The van der Waals surface area contributed by atoms with E-state index in [1.165, 1.54) is 0 Å². The average Bonchev–Trinajstić information content (AvgIpc) is 2.78. The molecule has 0 unspecified atom stereocenters. The quantitative estimate of drug-likeness (QED) is 0.396. The second kappa shape index (κ2) is 10.1. The highest BCUT2D eigenvalue weighted by atomic mass is 35.5. The van der Waals surface area contributed by atoms with Crippen LogP contribution in [-0.4, -0.2) is 25.2 Å². The van der Waals surface area contributed by atoms with E-state index in [9.17, 15) is 30.8 Å². The Labute approximate surface area is 199 Å². The predicted molar refractivity (Wildman–Crippen MR) is 121 cm³/mol. The van der Waals surface area contributed by atoms with Crippen molar-refractivity contribution in [2.24, 2.45) is 0 Å². The third kappa shape index (κ3) is 5.75. The van der Waals surface area contributed by atoms with Crippen molar-refractivity contribution in [2.75, 3.05) is 11.9 Å². The maximum Gasteiger partial charge on any atom is 0.418 e. The van der Waals surface area contributed by atoms with E-state index in [1.807, 2.05) is 5.32 Å². The molecular weight excluding hydrogens is 496 g/mol. The SMILES string of the molecule is CCN(Cc1ccccc1)S(=O)(=O)c1ccc(F)c(C(=O)Nc2ccc(Cl)cc2C(F)(F)F)c1. The van der Waals surface area contributed by atoms with Gasteiger partial charge in [0, 0.05) is 18.1 Å². The second-order valence-electron chi connectivity index (χ2n) is 7.20. The Bertz CT molecular complexity index is 1300. The molecule has 0 fully saturated rings. The number of alkyl halides is 3. The molecular formula is C23H19ClF4N2O3S. The van der Waals surface area contributed by atoms with Crippen molar-refractivity contribution in [3.05, 3.63) is 94.3 Å². The fourth-order valence-electron chi connectivity index (χ4n) is 3.19. The molecule has 0 saturated heterocycles. The normalized spacial score (nSPS) is 12.1. The number of anilines is 1. The maximum absolute atomic E-state index is 14.4. The Balaban J connectivity index is 1.94. The number of halogens is 5. The summed E-state index contributed by atoms with van der Waals surface area (Å²) in [5.74, 6) is -2.33. The molecule has 0 aliphatic rings. The summed E-state index contributed by atoms with van der Waals surface area (Å²) in [6.45, 7) is 1.75. The van der Waals surface area contributed by atoms with Crippen LogP contribution < -0.4 is 5.32 Å². The Hall–Kier alpha value is -2.95. The van der Waals surface area contributed by atoms with Gasteiger partial charge in [-0.05, 0) is 42.0 Å². The zero-order valence-electron chi connectivity index (χ0n) is 17.7. The van der Waals surface area contributed by atoms with Gasteiger partial charge in [0.1, 0.15) is 5.82 Å². The first-order valence-electron chi connectivity index (χ1n) is 9.95. The first-order valence-corrected chi connectivity index (χ1v) is 11.8. The highest BCUT2D eigenvalue weighted by Gasteiger charge is 2.34. The van der Waals surface area contributed by atoms with Crippen LogP contribution in [0.25, 0.3) is 0 Å². The molecule has 180 valence electrons. The Morgan fingerprint density at radius 2 is 1.71 bits per heavy atom. The Kier molecular flexibility index (Phi) is 7.64. The average molecular weight is 515 g/mol. The molecule has 5 nitrogen and oxygen atoms in total. The van der Waals surface area contributed by atoms with Gasteiger partial charge in [0.25, 0.3) is 5.91 Å². The summed E-state index contributed by atoms with van der Waals surface area (Å²) >= 11 is 5.63. The lowest BCUT2D eigenvalue weighted by Crippen LogP contribution is -2.30. The second-order valence-corrected chi connectivity index (χ2v) is 9.57. The van der Waals surface area contributed by atoms with Crippen LogP contribution in [0.4, 0.5) is 23.2 Å². The van der Waals surface area contributed by atoms with Gasteiger partial charge in [-0.3, -0.25) is 4.79 Å². The third-order valence-electron chi connectivity index (χ3n) is 4.91. The summed E-state index contributed by atoms with van der Waals surface area (Å²) in [6, 6.07) is 14.0. The molecule has 0 saturated carbocycles. The molecule has 0 aromatic heterocycles. The van der Waals surface area contributed by atoms with Crippen molar-refractivity contribution in [3.8, 4) is 0 Å². The molecule has 3 aromatic carbocycles. The number of nitrogens with one attached hydrogen (secondary N) is 1. The van der Waals surface area contributed by atoms with E-state index in [-0.39, 0.29) is 23.0 Å². The fraction of sp³-hybridized carbons (Fsp3) is 0.174. The molecule has 1 N–H and O–H groups in total. The monoisotopic (exact) mass is 514 g/mol. The van der Waals surface area contributed by atoms with Crippen molar-refractivity contribution in [3.63, 3.8) is 0 Å². The van der Waals surface area contributed by atoms with E-state index in [2.05, 4.69) is 0 Å². The number of sulfonamides is 1. The molecule has 3 aromatic rings. The van der Waals surface area contributed by atoms with Crippen molar-refractivity contribution < 1.29 is 30.8 Å². The molecule has 3 rings (SSSR count). The molecule has 1 amide bonds. The minimum atomic E-state index is -4.84. The van der Waals surface area contributed by atoms with Crippen molar-refractivity contribution in [1.82, 2.24) is 4.31 Å². The van der Waals surface area contributed by atoms with Gasteiger partial charge in [-0.25, -0.2) is 12.8 Å². The summed E-state index contributed by atoms with van der Waals surface area (Å²) in [4.78, 5) is 12.3. The molecule has 0 aliphatic carbocycles. The summed E-state index contributed by atoms with van der Waals surface area (Å²) in [7, 11) is -4.14. The molecule has 11 heteroatoms. The van der Waals surface area contributed by atoms with Crippen molar-refractivity contribution in [2.45, 2.75) is 24.5 Å². The van der Waals surface area contributed by atoms with Crippen LogP contribution >= 0.6 is 11.6 Å². The number of benzene rings is 3. The zero-order valence-corrected chi connectivity index (χ0v) is 19.3. The van der Waals surface area contributed by atoms with Crippen LogP contribution in [0.15, 0.2) is 71.6 Å². The standard InChI is InChI=1S/C23H19ClF4N2O3S/c1-2-30(14-15-6-4-3-5-7-15)34(32,33)17-9-10-20(25)18(13-17)22(31)29-21-11-8-16(24)12-19(21)23(26,27)28/h3-13H,2,14H2,1H3,(H,29,31). The first-order chi connectivity index (χ1) is 15.9. The number of rotatable bonds is 7. The lowest BCUT2D eigenvalue weighted by atomic mass is 10.1. The number of hydrogen-bond acceptors (Lipinski definition) is 3. The van der Waals surface area contributed by atoms with Crippen molar-refractivity contribution >= 4 is 33.2 Å². The van der Waals surface area contributed by atoms with Gasteiger partial charge in [0.2, 0.25) is 10.0 Å². The van der Waals surface area contributed by atoms with Crippen LogP contribution in [0.5, 0.6) is 0 Å². The third-order valence-corrected chi connectivity index (χ3v) is 7.06. The van der Waals surface area contributed by atoms with Crippen LogP contribution in [0, 0.1) is 5.82 Å². The Morgan fingerprint density at radius 1 is 1.03 bits per heavy atom. The largest absolute Gasteiger partial charge is 0.418 e. The van der Waals surface area contributed by atoms with Gasteiger partial charge in [-0.15, -0.1) is 0 Å². The summed E-state index contributed by atoms with van der Waals surface area (Å²) in [6.07, 6.45) is -4.84.